The van der Waals surface area contributed by atoms with Crippen molar-refractivity contribution < 1.29 is 39.5 Å². The molecule has 0 spiro atoms. The maximum Gasteiger partial charge on any atom is 1.00 e. The van der Waals surface area contributed by atoms with Crippen LogP contribution < -0.4 is 40.4 Å². The Balaban J connectivity index is 0.00000300. The summed E-state index contributed by atoms with van der Waals surface area (Å²) in [6, 6.07) is 15.4. The van der Waals surface area contributed by atoms with Gasteiger partial charge < -0.3 is 9.90 Å². The zero-order valence-electron chi connectivity index (χ0n) is 16.8. The second kappa shape index (κ2) is 11.6. The van der Waals surface area contributed by atoms with Gasteiger partial charge in [-0.05, 0) is 43.0 Å². The minimum atomic E-state index is -0.988. The van der Waals surface area contributed by atoms with Crippen molar-refractivity contribution in [1.29, 1.82) is 0 Å². The molecule has 29 heavy (non-hydrogen) atoms. The SMILES string of the molecule is O=C([O-])CCCCCCCn1c(=O)n(Cc2ccccc2Cl)c2ccccc21.[Na+]. The largest absolute Gasteiger partial charge is 1.00 e. The number of imidazole rings is 1. The Labute approximate surface area is 197 Å². The van der Waals surface area contributed by atoms with E-state index in [1.165, 1.54) is 0 Å². The normalized spacial score (nSPS) is 10.8. The zero-order chi connectivity index (χ0) is 19.9. The quantitative estimate of drug-likeness (QED) is 0.355. The van der Waals surface area contributed by atoms with E-state index in [-0.39, 0.29) is 41.7 Å². The Morgan fingerprint density at radius 1 is 0.862 bits per heavy atom. The molecule has 3 rings (SSSR count). The van der Waals surface area contributed by atoms with Gasteiger partial charge in [0.25, 0.3) is 0 Å². The maximum atomic E-state index is 13.1. The Morgan fingerprint density at radius 2 is 1.45 bits per heavy atom. The van der Waals surface area contributed by atoms with E-state index in [9.17, 15) is 14.7 Å². The molecule has 0 saturated heterocycles. The summed E-state index contributed by atoms with van der Waals surface area (Å²) in [5, 5.41) is 11.1. The molecule has 0 bridgehead atoms. The smallest absolute Gasteiger partial charge is 0.550 e. The molecule has 0 atom stereocenters. The van der Waals surface area contributed by atoms with Gasteiger partial charge >= 0.3 is 35.2 Å². The predicted molar refractivity (Wildman–Crippen MR) is 109 cm³/mol. The topological polar surface area (TPSA) is 67.1 Å². The number of aryl methyl sites for hydroxylation is 1. The number of halogens is 1. The number of hydrogen-bond acceptors (Lipinski definition) is 3. The molecule has 5 nitrogen and oxygen atoms in total. The van der Waals surface area contributed by atoms with Crippen LogP contribution in [0.5, 0.6) is 0 Å². The molecule has 0 aliphatic carbocycles. The third-order valence-electron chi connectivity index (χ3n) is 4.97. The van der Waals surface area contributed by atoms with Crippen molar-refractivity contribution in [3.8, 4) is 0 Å². The van der Waals surface area contributed by atoms with Crippen LogP contribution in [0.2, 0.25) is 5.02 Å². The zero-order valence-corrected chi connectivity index (χ0v) is 19.5. The number of carboxylic acids is 1. The first-order valence-corrected chi connectivity index (χ1v) is 10.1. The number of carbonyl (C=O) groups is 1. The van der Waals surface area contributed by atoms with Crippen LogP contribution in [-0.2, 0) is 17.9 Å². The number of carbonyl (C=O) groups excluding carboxylic acids is 1. The summed E-state index contributed by atoms with van der Waals surface area (Å²) in [5.74, 6) is -0.988. The van der Waals surface area contributed by atoms with Crippen LogP contribution in [-0.4, -0.2) is 15.1 Å². The molecule has 0 saturated carbocycles. The van der Waals surface area contributed by atoms with Crippen LogP contribution in [0.3, 0.4) is 0 Å². The van der Waals surface area contributed by atoms with Gasteiger partial charge in [-0.1, -0.05) is 61.2 Å². The van der Waals surface area contributed by atoms with Crippen LogP contribution in [0.25, 0.3) is 11.0 Å². The van der Waals surface area contributed by atoms with Gasteiger partial charge in [0, 0.05) is 17.5 Å². The third-order valence-corrected chi connectivity index (χ3v) is 5.34. The number of carboxylic acid groups (broad SMARTS) is 1. The van der Waals surface area contributed by atoms with Gasteiger partial charge in [-0.25, -0.2) is 4.79 Å². The summed E-state index contributed by atoms with van der Waals surface area (Å²) >= 11 is 6.29. The number of nitrogens with zero attached hydrogens (tertiary/aromatic N) is 2. The van der Waals surface area contributed by atoms with Crippen molar-refractivity contribution in [3.05, 3.63) is 69.6 Å². The summed E-state index contributed by atoms with van der Waals surface area (Å²) < 4.78 is 3.60. The van der Waals surface area contributed by atoms with Crippen LogP contribution in [0.1, 0.15) is 44.1 Å². The van der Waals surface area contributed by atoms with Gasteiger partial charge in [-0.3, -0.25) is 9.13 Å². The van der Waals surface area contributed by atoms with Crippen LogP contribution in [0.4, 0.5) is 0 Å². The first-order chi connectivity index (χ1) is 13.6. The first-order valence-electron chi connectivity index (χ1n) is 9.69. The number of rotatable bonds is 10. The molecule has 0 amide bonds. The molecule has 3 aromatic rings. The van der Waals surface area contributed by atoms with E-state index in [1.54, 1.807) is 4.57 Å². The number of aromatic nitrogens is 2. The molecular formula is C22H24ClN2NaO3. The molecular weight excluding hydrogens is 399 g/mol. The van der Waals surface area contributed by atoms with Crippen molar-refractivity contribution in [2.45, 2.75) is 51.6 Å². The Morgan fingerprint density at radius 3 is 2.14 bits per heavy atom. The number of para-hydroxylation sites is 2. The Kier molecular flexibility index (Phi) is 9.50. The Hall–Kier alpha value is -1.53. The summed E-state index contributed by atoms with van der Waals surface area (Å²) in [4.78, 5) is 23.5. The minimum Gasteiger partial charge on any atom is -0.550 e. The van der Waals surface area contributed by atoms with Crippen molar-refractivity contribution >= 4 is 28.6 Å². The van der Waals surface area contributed by atoms with Gasteiger partial charge in [0.2, 0.25) is 0 Å². The van der Waals surface area contributed by atoms with Gasteiger partial charge in [-0.15, -0.1) is 0 Å². The van der Waals surface area contributed by atoms with Crippen LogP contribution in [0, 0.1) is 0 Å². The van der Waals surface area contributed by atoms with Gasteiger partial charge in [0.1, 0.15) is 0 Å². The number of fused-ring (bicyclic) bond motifs is 1. The van der Waals surface area contributed by atoms with E-state index in [1.807, 2.05) is 53.1 Å². The van der Waals surface area contributed by atoms with E-state index in [2.05, 4.69) is 0 Å². The summed E-state index contributed by atoms with van der Waals surface area (Å²) in [7, 11) is 0. The number of unbranched alkanes of at least 4 members (excludes halogenated alkanes) is 4. The molecule has 0 N–H and O–H groups in total. The molecule has 7 heteroatoms. The molecule has 0 radical (unpaired) electrons. The van der Waals surface area contributed by atoms with Crippen molar-refractivity contribution in [3.63, 3.8) is 0 Å². The average molecular weight is 423 g/mol. The predicted octanol–water partition coefficient (Wildman–Crippen LogP) is 0.599. The number of hydrogen-bond donors (Lipinski definition) is 0. The molecule has 1 aromatic heterocycles. The van der Waals surface area contributed by atoms with Gasteiger partial charge in [0.05, 0.1) is 17.6 Å². The number of aliphatic carboxylic acids is 1. The van der Waals surface area contributed by atoms with Gasteiger partial charge in [0.15, 0.2) is 0 Å². The van der Waals surface area contributed by atoms with Crippen molar-refractivity contribution in [2.75, 3.05) is 0 Å². The molecule has 2 aromatic carbocycles. The second-order valence-electron chi connectivity index (χ2n) is 6.99. The van der Waals surface area contributed by atoms with E-state index in [0.717, 1.165) is 42.3 Å². The monoisotopic (exact) mass is 422 g/mol. The van der Waals surface area contributed by atoms with Crippen molar-refractivity contribution in [2.24, 2.45) is 0 Å². The standard InChI is InChI=1S/C22H25ClN2O3.Na/c23-18-11-6-5-10-17(18)16-25-20-13-8-7-12-19(20)24(22(25)28)15-9-3-1-2-4-14-21(26)27;/h5-8,10-13H,1-4,9,14-16H2,(H,26,27);/q;+1/p-1. The van der Waals surface area contributed by atoms with E-state index >= 15 is 0 Å². The molecule has 0 fully saturated rings. The molecule has 1 heterocycles. The molecule has 148 valence electrons. The summed E-state index contributed by atoms with van der Waals surface area (Å²) in [6.07, 6.45) is 4.45. The van der Waals surface area contributed by atoms with Crippen molar-refractivity contribution in [1.82, 2.24) is 9.13 Å². The van der Waals surface area contributed by atoms with Gasteiger partial charge in [-0.2, -0.15) is 0 Å². The first kappa shape index (κ1) is 23.7. The summed E-state index contributed by atoms with van der Waals surface area (Å²) in [5.41, 5.74) is 2.72. The Bertz CT molecular complexity index is 1010. The molecule has 0 unspecified atom stereocenters. The second-order valence-corrected chi connectivity index (χ2v) is 7.40. The third kappa shape index (κ3) is 6.22. The van der Waals surface area contributed by atoms with E-state index in [4.69, 9.17) is 11.6 Å². The molecule has 0 aliphatic rings. The number of benzene rings is 2. The minimum absolute atomic E-state index is 0. The maximum absolute atomic E-state index is 13.1. The fourth-order valence-electron chi connectivity index (χ4n) is 3.51. The summed E-state index contributed by atoms with van der Waals surface area (Å²) in [6.45, 7) is 1.09. The fourth-order valence-corrected chi connectivity index (χ4v) is 3.70. The van der Waals surface area contributed by atoms with Crippen LogP contribution >= 0.6 is 11.6 Å². The van der Waals surface area contributed by atoms with E-state index in [0.29, 0.717) is 24.5 Å². The van der Waals surface area contributed by atoms with Crippen LogP contribution in [0.15, 0.2) is 53.3 Å². The average Bonchev–Trinajstić information content (AvgIpc) is 2.94. The molecule has 0 aliphatic heterocycles. The van der Waals surface area contributed by atoms with E-state index < -0.39 is 5.97 Å². The fraction of sp³-hybridized carbons (Fsp3) is 0.364.